The summed E-state index contributed by atoms with van der Waals surface area (Å²) in [6, 6.07) is 9.78. The van der Waals surface area contributed by atoms with Crippen molar-refractivity contribution in [1.29, 1.82) is 0 Å². The topological polar surface area (TPSA) is 86.3 Å². The zero-order chi connectivity index (χ0) is 26.3. The number of amides is 1. The molecule has 0 bridgehead atoms. The molecule has 2 atom stereocenters. The van der Waals surface area contributed by atoms with Gasteiger partial charge in [0.2, 0.25) is 0 Å². The molecule has 194 valence electrons. The third-order valence-corrected chi connectivity index (χ3v) is 7.54. The molecule has 7 nitrogen and oxygen atoms in total. The van der Waals surface area contributed by atoms with Crippen molar-refractivity contribution < 1.29 is 9.53 Å². The number of hydrogen-bond donors (Lipinski definition) is 1. The lowest BCUT2D eigenvalue weighted by Gasteiger charge is -2.37. The van der Waals surface area contributed by atoms with E-state index in [1.807, 2.05) is 67.9 Å². The van der Waals surface area contributed by atoms with Crippen molar-refractivity contribution in [2.24, 2.45) is 18.7 Å². The number of imidazole rings is 1. The number of fused-ring (bicyclic) bond motifs is 2. The molecule has 3 heterocycles. The van der Waals surface area contributed by atoms with Gasteiger partial charge in [-0.25, -0.2) is 9.78 Å². The quantitative estimate of drug-likeness (QED) is 0.472. The van der Waals surface area contributed by atoms with Gasteiger partial charge in [0.1, 0.15) is 5.60 Å². The molecule has 2 N–H and O–H groups in total. The largest absolute Gasteiger partial charge is 0.444 e. The van der Waals surface area contributed by atoms with Crippen molar-refractivity contribution in [3.8, 4) is 0 Å². The summed E-state index contributed by atoms with van der Waals surface area (Å²) in [5.41, 5.74) is 12.6. The second kappa shape index (κ2) is 9.95. The molecule has 1 aromatic carbocycles. The maximum atomic E-state index is 12.7. The molecule has 0 spiro atoms. The van der Waals surface area contributed by atoms with Gasteiger partial charge in [-0.2, -0.15) is 0 Å². The molecule has 0 radical (unpaired) electrons. The van der Waals surface area contributed by atoms with E-state index in [0.29, 0.717) is 24.0 Å². The van der Waals surface area contributed by atoms with E-state index in [1.54, 1.807) is 6.33 Å². The van der Waals surface area contributed by atoms with E-state index in [2.05, 4.69) is 23.2 Å². The van der Waals surface area contributed by atoms with Crippen LogP contribution in [-0.2, 0) is 11.8 Å². The Morgan fingerprint density at radius 2 is 1.97 bits per heavy atom. The minimum absolute atomic E-state index is 0.0525. The highest BCUT2D eigenvalue weighted by molar-refractivity contribution is 6.30. The highest BCUT2D eigenvalue weighted by Gasteiger charge is 2.37. The van der Waals surface area contributed by atoms with Crippen LogP contribution in [0.1, 0.15) is 73.7 Å². The molecule has 1 aliphatic heterocycles. The van der Waals surface area contributed by atoms with Crippen LogP contribution in [0.4, 0.5) is 4.79 Å². The molecule has 1 aliphatic carbocycles. The summed E-state index contributed by atoms with van der Waals surface area (Å²) in [5, 5.41) is 0.666. The number of piperidine rings is 1. The number of aromatic nitrogens is 3. The minimum atomic E-state index is -0.509. The van der Waals surface area contributed by atoms with Crippen LogP contribution in [0, 0.1) is 5.92 Å². The van der Waals surface area contributed by atoms with E-state index in [1.165, 1.54) is 5.56 Å². The number of carbonyl (C=O) groups is 1. The average molecular weight is 520 g/mol. The Morgan fingerprint density at radius 3 is 2.65 bits per heavy atom. The monoisotopic (exact) mass is 519 g/mol. The van der Waals surface area contributed by atoms with Crippen molar-refractivity contribution in [3.05, 3.63) is 82.2 Å². The second-order valence-corrected chi connectivity index (χ2v) is 11.4. The van der Waals surface area contributed by atoms with Crippen LogP contribution in [0.2, 0.25) is 5.02 Å². The van der Waals surface area contributed by atoms with Gasteiger partial charge in [-0.05, 0) is 86.1 Å². The van der Waals surface area contributed by atoms with Crippen molar-refractivity contribution in [2.45, 2.75) is 51.2 Å². The van der Waals surface area contributed by atoms with Crippen LogP contribution in [0.5, 0.6) is 0 Å². The van der Waals surface area contributed by atoms with Crippen molar-refractivity contribution in [1.82, 2.24) is 19.4 Å². The molecule has 1 saturated heterocycles. The fraction of sp³-hybridized carbons (Fsp3) is 0.414. The molecule has 37 heavy (non-hydrogen) atoms. The van der Waals surface area contributed by atoms with Gasteiger partial charge in [0.25, 0.3) is 0 Å². The van der Waals surface area contributed by atoms with Crippen LogP contribution < -0.4 is 5.73 Å². The number of hydrogen-bond acceptors (Lipinski definition) is 5. The summed E-state index contributed by atoms with van der Waals surface area (Å²) in [7, 11) is 1.95. The van der Waals surface area contributed by atoms with Crippen molar-refractivity contribution in [3.63, 3.8) is 0 Å². The number of nitrogens with zero attached hydrogens (tertiary/aromatic N) is 4. The predicted octanol–water partition coefficient (Wildman–Crippen LogP) is 5.80. The smallest absolute Gasteiger partial charge is 0.410 e. The number of aryl methyl sites for hydroxylation is 1. The molecule has 1 fully saturated rings. The maximum absolute atomic E-state index is 12.7. The molecule has 2 aromatic heterocycles. The minimum Gasteiger partial charge on any atom is -0.444 e. The Balaban J connectivity index is 1.53. The number of benzene rings is 1. The third-order valence-electron chi connectivity index (χ3n) is 7.31. The number of pyridine rings is 1. The average Bonchev–Trinajstić information content (AvgIpc) is 3.23. The van der Waals surface area contributed by atoms with Crippen LogP contribution in [0.15, 0.2) is 49.1 Å². The van der Waals surface area contributed by atoms with Crippen LogP contribution >= 0.6 is 11.6 Å². The molecule has 2 aliphatic rings. The molecule has 0 saturated carbocycles. The van der Waals surface area contributed by atoms with E-state index in [0.717, 1.165) is 40.9 Å². The molecule has 5 rings (SSSR count). The van der Waals surface area contributed by atoms with Gasteiger partial charge in [0, 0.05) is 37.3 Å². The Hall–Kier alpha value is -3.16. The molecular weight excluding hydrogens is 486 g/mol. The molecule has 1 amide bonds. The van der Waals surface area contributed by atoms with E-state index in [-0.39, 0.29) is 18.1 Å². The van der Waals surface area contributed by atoms with E-state index in [4.69, 9.17) is 27.1 Å². The second-order valence-electron chi connectivity index (χ2n) is 11.0. The maximum Gasteiger partial charge on any atom is 0.410 e. The fourth-order valence-corrected chi connectivity index (χ4v) is 5.73. The van der Waals surface area contributed by atoms with Crippen LogP contribution in [0.25, 0.3) is 11.6 Å². The fourth-order valence-electron chi connectivity index (χ4n) is 5.56. The third kappa shape index (κ3) is 5.15. The molecular formula is C29H34ClN5O2. The predicted molar refractivity (Wildman–Crippen MR) is 146 cm³/mol. The van der Waals surface area contributed by atoms with Gasteiger partial charge in [0.15, 0.2) is 0 Å². The Kier molecular flexibility index (Phi) is 6.86. The van der Waals surface area contributed by atoms with E-state index in [9.17, 15) is 4.79 Å². The lowest BCUT2D eigenvalue weighted by atomic mass is 9.75. The van der Waals surface area contributed by atoms with Crippen LogP contribution in [-0.4, -0.2) is 44.2 Å². The number of rotatable bonds is 3. The van der Waals surface area contributed by atoms with Gasteiger partial charge < -0.3 is 19.9 Å². The summed E-state index contributed by atoms with van der Waals surface area (Å²) in [6.07, 6.45) is 9.05. The number of nitrogens with two attached hydrogens (primary N) is 1. The Labute approximate surface area is 223 Å². The standard InChI is InChI=1S/C29H34ClN5O2/c1-29(2,3)37-28(36)35-12-9-18(10-13-35)25-21-8-7-20(30)15-22(21)23(14-19-6-5-11-33-27(19)25)26(31)24-16-32-17-34(24)4/h5-8,11,14-18,25-26H,9-10,12-13,31H2,1-4H3. The number of carbonyl (C=O) groups excluding carboxylic acids is 1. The molecule has 3 aromatic rings. The first-order chi connectivity index (χ1) is 17.6. The van der Waals surface area contributed by atoms with Gasteiger partial charge in [-0.3, -0.25) is 4.98 Å². The van der Waals surface area contributed by atoms with Gasteiger partial charge in [-0.15, -0.1) is 0 Å². The van der Waals surface area contributed by atoms with Crippen molar-refractivity contribution in [2.75, 3.05) is 13.1 Å². The summed E-state index contributed by atoms with van der Waals surface area (Å²) >= 11 is 6.55. The normalized spacial score (nSPS) is 18.9. The molecule has 2 unspecified atom stereocenters. The molecule has 8 heteroatoms. The number of likely N-dealkylation sites (tertiary alicyclic amines) is 1. The summed E-state index contributed by atoms with van der Waals surface area (Å²) in [5.74, 6) is 0.352. The highest BCUT2D eigenvalue weighted by Crippen LogP contribution is 2.47. The first-order valence-corrected chi connectivity index (χ1v) is 13.2. The summed E-state index contributed by atoms with van der Waals surface area (Å²) in [4.78, 5) is 23.7. The zero-order valence-corrected chi connectivity index (χ0v) is 22.6. The summed E-state index contributed by atoms with van der Waals surface area (Å²) < 4.78 is 7.57. The SMILES string of the molecule is Cn1cncc1C(N)C1=Cc2cccnc2C(C2CCN(C(=O)OC(C)(C)C)CC2)c2ccc(Cl)cc21. The van der Waals surface area contributed by atoms with Gasteiger partial charge in [-0.1, -0.05) is 23.7 Å². The Bertz CT molecular complexity index is 1330. The first kappa shape index (κ1) is 25.5. The van der Waals surface area contributed by atoms with Crippen LogP contribution in [0.3, 0.4) is 0 Å². The van der Waals surface area contributed by atoms with Gasteiger partial charge >= 0.3 is 6.09 Å². The lowest BCUT2D eigenvalue weighted by Crippen LogP contribution is -2.42. The highest BCUT2D eigenvalue weighted by atomic mass is 35.5. The number of ether oxygens (including phenoxy) is 1. The van der Waals surface area contributed by atoms with E-state index < -0.39 is 5.60 Å². The lowest BCUT2D eigenvalue weighted by molar-refractivity contribution is 0.0178. The first-order valence-electron chi connectivity index (χ1n) is 12.8. The number of halogens is 1. The van der Waals surface area contributed by atoms with E-state index >= 15 is 0 Å². The Morgan fingerprint density at radius 1 is 1.22 bits per heavy atom. The van der Waals surface area contributed by atoms with Gasteiger partial charge in [0.05, 0.1) is 30.0 Å². The zero-order valence-electron chi connectivity index (χ0n) is 21.8. The summed E-state index contributed by atoms with van der Waals surface area (Å²) in [6.45, 7) is 6.99. The van der Waals surface area contributed by atoms with Crippen molar-refractivity contribution >= 4 is 29.3 Å².